The summed E-state index contributed by atoms with van der Waals surface area (Å²) < 4.78 is 6.44. The van der Waals surface area contributed by atoms with E-state index in [2.05, 4.69) is 26.9 Å². The van der Waals surface area contributed by atoms with Gasteiger partial charge in [0.15, 0.2) is 0 Å². The topological polar surface area (TPSA) is 29.5 Å². The van der Waals surface area contributed by atoms with Gasteiger partial charge in [0, 0.05) is 11.0 Å². The molecule has 0 atom stereocenters. The van der Waals surface area contributed by atoms with Crippen LogP contribution in [-0.4, -0.2) is 24.0 Å². The van der Waals surface area contributed by atoms with Gasteiger partial charge >= 0.3 is 5.97 Å². The first kappa shape index (κ1) is 16.2. The molecule has 0 aromatic heterocycles. The van der Waals surface area contributed by atoms with E-state index in [-0.39, 0.29) is 5.97 Å². The van der Waals surface area contributed by atoms with E-state index in [0.29, 0.717) is 12.2 Å². The predicted molar refractivity (Wildman–Crippen MR) is 94.2 cm³/mol. The van der Waals surface area contributed by atoms with E-state index in [1.165, 1.54) is 18.4 Å². The van der Waals surface area contributed by atoms with Gasteiger partial charge in [-0.1, -0.05) is 40.2 Å². The van der Waals surface area contributed by atoms with E-state index < -0.39 is 0 Å². The van der Waals surface area contributed by atoms with Crippen LogP contribution in [-0.2, 0) is 17.9 Å². The summed E-state index contributed by atoms with van der Waals surface area (Å²) in [7, 11) is 0. The van der Waals surface area contributed by atoms with Crippen molar-refractivity contribution in [3.05, 3.63) is 69.7 Å². The molecule has 0 unspecified atom stereocenters. The molecular weight excluding hydrogens is 354 g/mol. The average Bonchev–Trinajstić information content (AvgIpc) is 3.07. The van der Waals surface area contributed by atoms with Crippen LogP contribution in [0.25, 0.3) is 0 Å². The summed E-state index contributed by atoms with van der Waals surface area (Å²) in [6.45, 7) is 3.57. The summed E-state index contributed by atoms with van der Waals surface area (Å²) in [5.41, 5.74) is 2.91. The highest BCUT2D eigenvalue weighted by molar-refractivity contribution is 9.10. The summed E-state index contributed by atoms with van der Waals surface area (Å²) in [5.74, 6) is -0.284. The Labute approximate surface area is 145 Å². The summed E-state index contributed by atoms with van der Waals surface area (Å²) in [6.07, 6.45) is 2.56. The van der Waals surface area contributed by atoms with E-state index >= 15 is 0 Å². The SMILES string of the molecule is O=C(OCc1ccccc1CN1CCCC1)c1ccc(Br)cc1. The van der Waals surface area contributed by atoms with Crippen LogP contribution in [0.5, 0.6) is 0 Å². The van der Waals surface area contributed by atoms with Crippen LogP contribution in [0, 0.1) is 0 Å². The number of nitrogens with zero attached hydrogens (tertiary/aromatic N) is 1. The number of rotatable bonds is 5. The van der Waals surface area contributed by atoms with Crippen molar-refractivity contribution in [3.8, 4) is 0 Å². The Balaban J connectivity index is 1.63. The molecule has 0 bridgehead atoms. The van der Waals surface area contributed by atoms with Crippen molar-refractivity contribution in [1.82, 2.24) is 4.90 Å². The minimum Gasteiger partial charge on any atom is -0.457 e. The van der Waals surface area contributed by atoms with E-state index in [9.17, 15) is 4.79 Å². The fraction of sp³-hybridized carbons (Fsp3) is 0.316. The number of esters is 1. The molecule has 0 radical (unpaired) electrons. The third kappa shape index (κ3) is 4.43. The molecule has 1 fully saturated rings. The van der Waals surface area contributed by atoms with E-state index in [0.717, 1.165) is 29.7 Å². The number of ether oxygens (including phenoxy) is 1. The Morgan fingerprint density at radius 2 is 1.65 bits per heavy atom. The standard InChI is InChI=1S/C19H20BrNO2/c20-18-9-7-15(8-10-18)19(22)23-14-17-6-2-1-5-16(17)13-21-11-3-4-12-21/h1-2,5-10H,3-4,11-14H2. The van der Waals surface area contributed by atoms with Crippen LogP contribution < -0.4 is 0 Å². The normalized spacial score (nSPS) is 14.8. The number of halogens is 1. The van der Waals surface area contributed by atoms with Crippen molar-refractivity contribution in [2.45, 2.75) is 26.0 Å². The summed E-state index contributed by atoms with van der Waals surface area (Å²) in [4.78, 5) is 14.6. The minimum absolute atomic E-state index is 0.284. The Hall–Kier alpha value is -1.65. The third-order valence-electron chi connectivity index (χ3n) is 4.15. The Kier molecular flexibility index (Phi) is 5.47. The second kappa shape index (κ2) is 7.75. The van der Waals surface area contributed by atoms with Crippen molar-refractivity contribution in [2.24, 2.45) is 0 Å². The van der Waals surface area contributed by atoms with Crippen LogP contribution in [0.15, 0.2) is 53.0 Å². The van der Waals surface area contributed by atoms with Gasteiger partial charge in [0.2, 0.25) is 0 Å². The molecule has 0 amide bonds. The van der Waals surface area contributed by atoms with Crippen molar-refractivity contribution in [3.63, 3.8) is 0 Å². The molecule has 0 aliphatic carbocycles. The first-order valence-corrected chi connectivity index (χ1v) is 8.73. The minimum atomic E-state index is -0.284. The molecule has 1 aliphatic heterocycles. The highest BCUT2D eigenvalue weighted by atomic mass is 79.9. The van der Waals surface area contributed by atoms with Crippen LogP contribution in [0.3, 0.4) is 0 Å². The molecule has 0 spiro atoms. The molecule has 120 valence electrons. The van der Waals surface area contributed by atoms with Gasteiger partial charge < -0.3 is 4.74 Å². The van der Waals surface area contributed by atoms with Gasteiger partial charge in [0.05, 0.1) is 5.56 Å². The highest BCUT2D eigenvalue weighted by Crippen LogP contribution is 2.18. The van der Waals surface area contributed by atoms with Crippen molar-refractivity contribution in [1.29, 1.82) is 0 Å². The molecule has 2 aromatic rings. The Morgan fingerprint density at radius 1 is 1.00 bits per heavy atom. The van der Waals surface area contributed by atoms with Crippen molar-refractivity contribution in [2.75, 3.05) is 13.1 Å². The fourth-order valence-corrected chi connectivity index (χ4v) is 3.11. The maximum Gasteiger partial charge on any atom is 0.338 e. The first-order valence-electron chi connectivity index (χ1n) is 7.94. The first-order chi connectivity index (χ1) is 11.2. The fourth-order valence-electron chi connectivity index (χ4n) is 2.85. The van der Waals surface area contributed by atoms with Gasteiger partial charge in [-0.25, -0.2) is 4.79 Å². The van der Waals surface area contributed by atoms with E-state index in [1.807, 2.05) is 30.3 Å². The molecule has 3 nitrogen and oxygen atoms in total. The summed E-state index contributed by atoms with van der Waals surface area (Å²) >= 11 is 3.36. The number of hydrogen-bond donors (Lipinski definition) is 0. The van der Waals surface area contributed by atoms with Crippen LogP contribution in [0.2, 0.25) is 0 Å². The lowest BCUT2D eigenvalue weighted by Gasteiger charge is -2.17. The second-order valence-electron chi connectivity index (χ2n) is 5.83. The van der Waals surface area contributed by atoms with Gasteiger partial charge in [-0.15, -0.1) is 0 Å². The van der Waals surface area contributed by atoms with Crippen molar-refractivity contribution >= 4 is 21.9 Å². The molecule has 0 N–H and O–H groups in total. The molecule has 1 saturated heterocycles. The molecule has 3 rings (SSSR count). The number of hydrogen-bond acceptors (Lipinski definition) is 3. The van der Waals surface area contributed by atoms with Crippen LogP contribution in [0.4, 0.5) is 0 Å². The maximum atomic E-state index is 12.1. The Morgan fingerprint density at radius 3 is 2.35 bits per heavy atom. The lowest BCUT2D eigenvalue weighted by Crippen LogP contribution is -2.19. The number of carbonyl (C=O) groups excluding carboxylic acids is 1. The molecular formula is C19H20BrNO2. The largest absolute Gasteiger partial charge is 0.457 e. The zero-order valence-corrected chi connectivity index (χ0v) is 14.6. The zero-order chi connectivity index (χ0) is 16.1. The van der Waals surface area contributed by atoms with Gasteiger partial charge in [0.1, 0.15) is 6.61 Å². The lowest BCUT2D eigenvalue weighted by molar-refractivity contribution is 0.0471. The molecule has 2 aromatic carbocycles. The van der Waals surface area contributed by atoms with Gasteiger partial charge in [-0.2, -0.15) is 0 Å². The quantitative estimate of drug-likeness (QED) is 0.727. The smallest absolute Gasteiger partial charge is 0.338 e. The van der Waals surface area contributed by atoms with E-state index in [1.54, 1.807) is 12.1 Å². The Bertz CT molecular complexity index is 663. The van der Waals surface area contributed by atoms with Gasteiger partial charge in [-0.3, -0.25) is 4.90 Å². The third-order valence-corrected chi connectivity index (χ3v) is 4.68. The summed E-state index contributed by atoms with van der Waals surface area (Å²) in [5, 5.41) is 0. The average molecular weight is 374 g/mol. The van der Waals surface area contributed by atoms with Crippen molar-refractivity contribution < 1.29 is 9.53 Å². The number of carbonyl (C=O) groups is 1. The lowest BCUT2D eigenvalue weighted by atomic mass is 10.1. The molecule has 0 saturated carbocycles. The molecule has 23 heavy (non-hydrogen) atoms. The molecule has 4 heteroatoms. The maximum absolute atomic E-state index is 12.1. The number of benzene rings is 2. The molecule has 1 aliphatic rings. The van der Waals surface area contributed by atoms with Gasteiger partial charge in [-0.05, 0) is 61.3 Å². The van der Waals surface area contributed by atoms with E-state index in [4.69, 9.17) is 4.74 Å². The van der Waals surface area contributed by atoms with Gasteiger partial charge in [0.25, 0.3) is 0 Å². The van der Waals surface area contributed by atoms with Crippen LogP contribution >= 0.6 is 15.9 Å². The summed E-state index contributed by atoms with van der Waals surface area (Å²) in [6, 6.07) is 15.4. The predicted octanol–water partition coefficient (Wildman–Crippen LogP) is 4.40. The monoisotopic (exact) mass is 373 g/mol. The highest BCUT2D eigenvalue weighted by Gasteiger charge is 2.14. The second-order valence-corrected chi connectivity index (χ2v) is 6.75. The zero-order valence-electron chi connectivity index (χ0n) is 13.0. The van der Waals surface area contributed by atoms with Crippen LogP contribution in [0.1, 0.15) is 34.3 Å². The number of likely N-dealkylation sites (tertiary alicyclic amines) is 1. The molecule has 1 heterocycles.